The van der Waals surface area contributed by atoms with E-state index in [0.29, 0.717) is 46.0 Å². The summed E-state index contributed by atoms with van der Waals surface area (Å²) in [4.78, 5) is 34.8. The highest BCUT2D eigenvalue weighted by Crippen LogP contribution is 2.26. The molecule has 5 aromatic rings. The second kappa shape index (κ2) is 13.0. The molecule has 1 aromatic heterocycles. The monoisotopic (exact) mass is 563 g/mol. The van der Waals surface area contributed by atoms with Crippen LogP contribution in [0.5, 0.6) is 0 Å². The van der Waals surface area contributed by atoms with Crippen molar-refractivity contribution in [2.45, 2.75) is 45.6 Å². The Labute approximate surface area is 246 Å². The van der Waals surface area contributed by atoms with Gasteiger partial charge in [0.25, 0.3) is 11.5 Å². The quantitative estimate of drug-likeness (QED) is 0.174. The molecule has 0 N–H and O–H groups in total. The summed E-state index contributed by atoms with van der Waals surface area (Å²) < 4.78 is 1.61. The molecule has 5 nitrogen and oxygen atoms in total. The Morgan fingerprint density at radius 1 is 0.854 bits per heavy atom. The fourth-order valence-corrected chi connectivity index (χ4v) is 5.26. The zero-order chi connectivity index (χ0) is 28.8. The van der Waals surface area contributed by atoms with E-state index in [9.17, 15) is 9.59 Å². The molecule has 0 aliphatic heterocycles. The molecule has 1 unspecified atom stereocenters. The van der Waals surface area contributed by atoms with Crippen LogP contribution in [-0.2, 0) is 12.8 Å². The number of nitrogens with zero attached hydrogens (tertiary/aromatic N) is 3. The Morgan fingerprint density at radius 3 is 2.22 bits per heavy atom. The number of fused-ring (bicyclic) bond motifs is 1. The minimum Gasteiger partial charge on any atom is -0.328 e. The third-order valence-corrected chi connectivity index (χ3v) is 7.74. The predicted molar refractivity (Wildman–Crippen MR) is 167 cm³/mol. The highest BCUT2D eigenvalue weighted by Gasteiger charge is 2.27. The van der Waals surface area contributed by atoms with Crippen LogP contribution in [0, 0.1) is 0 Å². The second-order valence-electron chi connectivity index (χ2n) is 10.3. The van der Waals surface area contributed by atoms with Crippen LogP contribution in [0.15, 0.2) is 108 Å². The Balaban J connectivity index is 1.59. The summed E-state index contributed by atoms with van der Waals surface area (Å²) in [5, 5.41) is 1.09. The summed E-state index contributed by atoms with van der Waals surface area (Å²) in [5.41, 5.74) is 4.03. The lowest BCUT2D eigenvalue weighted by atomic mass is 10.0. The third kappa shape index (κ3) is 6.41. The van der Waals surface area contributed by atoms with Crippen LogP contribution in [-0.4, -0.2) is 26.9 Å². The van der Waals surface area contributed by atoms with Gasteiger partial charge < -0.3 is 4.90 Å². The van der Waals surface area contributed by atoms with E-state index < -0.39 is 6.04 Å². The second-order valence-corrected chi connectivity index (χ2v) is 10.8. The number of benzene rings is 4. The van der Waals surface area contributed by atoms with Crippen LogP contribution in [0.2, 0.25) is 5.02 Å². The maximum atomic E-state index is 14.1. The molecule has 5 rings (SSSR count). The van der Waals surface area contributed by atoms with Crippen molar-refractivity contribution in [1.29, 1.82) is 0 Å². The third-order valence-electron chi connectivity index (χ3n) is 7.49. The molecule has 0 radical (unpaired) electrons. The first kappa shape index (κ1) is 28.3. The number of para-hydroxylation sites is 1. The number of halogens is 1. The number of unbranched alkanes of at least 4 members (excludes halogenated alkanes) is 1. The number of aryl methyl sites for hydroxylation is 1. The highest BCUT2D eigenvalue weighted by molar-refractivity contribution is 6.30. The van der Waals surface area contributed by atoms with Crippen molar-refractivity contribution in [2.75, 3.05) is 6.54 Å². The Kier molecular flexibility index (Phi) is 8.95. The van der Waals surface area contributed by atoms with Crippen molar-refractivity contribution in [2.24, 2.45) is 0 Å². The van der Waals surface area contributed by atoms with Crippen LogP contribution >= 0.6 is 11.6 Å². The van der Waals surface area contributed by atoms with E-state index >= 15 is 0 Å². The number of amides is 1. The number of hydrogen-bond acceptors (Lipinski definition) is 3. The molecular weight excluding hydrogens is 530 g/mol. The number of rotatable bonds is 10. The first-order chi connectivity index (χ1) is 20.0. The smallest absolute Gasteiger partial charge is 0.266 e. The summed E-state index contributed by atoms with van der Waals surface area (Å²) in [5.74, 6) is 0.400. The van der Waals surface area contributed by atoms with Crippen molar-refractivity contribution in [3.05, 3.63) is 141 Å². The average Bonchev–Trinajstić information content (AvgIpc) is 3.01. The highest BCUT2D eigenvalue weighted by atomic mass is 35.5. The molecule has 4 aromatic carbocycles. The van der Waals surface area contributed by atoms with Gasteiger partial charge in [0.05, 0.1) is 22.6 Å². The van der Waals surface area contributed by atoms with Gasteiger partial charge >= 0.3 is 0 Å². The molecule has 41 heavy (non-hydrogen) atoms. The molecular formula is C35H34ClN3O2. The summed E-state index contributed by atoms with van der Waals surface area (Å²) in [6, 6.07) is 32.0. The fraction of sp³-hybridized carbons (Fsp3) is 0.229. The van der Waals surface area contributed by atoms with Crippen molar-refractivity contribution in [1.82, 2.24) is 14.5 Å². The summed E-state index contributed by atoms with van der Waals surface area (Å²) in [6.07, 6.45) is 3.90. The van der Waals surface area contributed by atoms with Crippen LogP contribution in [0.1, 0.15) is 60.0 Å². The molecule has 0 saturated carbocycles. The lowest BCUT2D eigenvalue weighted by Crippen LogP contribution is -2.38. The average molecular weight is 564 g/mol. The minimum absolute atomic E-state index is 0.0967. The zero-order valence-corrected chi connectivity index (χ0v) is 24.2. The maximum absolute atomic E-state index is 14.1. The lowest BCUT2D eigenvalue weighted by molar-refractivity contribution is 0.0683. The van der Waals surface area contributed by atoms with Gasteiger partial charge in [-0.3, -0.25) is 14.2 Å². The van der Waals surface area contributed by atoms with E-state index in [1.807, 2.05) is 84.6 Å². The van der Waals surface area contributed by atoms with Crippen LogP contribution in [0.4, 0.5) is 0 Å². The molecule has 0 saturated heterocycles. The Hall–Kier alpha value is -4.22. The van der Waals surface area contributed by atoms with Gasteiger partial charge in [-0.15, -0.1) is 0 Å². The van der Waals surface area contributed by atoms with Gasteiger partial charge in [0.2, 0.25) is 0 Å². The van der Waals surface area contributed by atoms with Gasteiger partial charge in [-0.2, -0.15) is 0 Å². The SMILES string of the molecule is CCCCc1ccc(C(=O)N(CCc2ccccc2)C(C)c2nc3ccccc3c(=O)n2-c2ccc(Cl)cc2)cc1. The van der Waals surface area contributed by atoms with Crippen LogP contribution < -0.4 is 5.56 Å². The molecule has 1 amide bonds. The van der Waals surface area contributed by atoms with E-state index in [0.717, 1.165) is 24.8 Å². The zero-order valence-electron chi connectivity index (χ0n) is 23.5. The van der Waals surface area contributed by atoms with Gasteiger partial charge in [-0.25, -0.2) is 4.98 Å². The van der Waals surface area contributed by atoms with Crippen molar-refractivity contribution in [3.63, 3.8) is 0 Å². The largest absolute Gasteiger partial charge is 0.328 e. The van der Waals surface area contributed by atoms with Crippen molar-refractivity contribution in [3.8, 4) is 5.69 Å². The topological polar surface area (TPSA) is 55.2 Å². The first-order valence-electron chi connectivity index (χ1n) is 14.2. The number of carbonyl (C=O) groups excluding carboxylic acids is 1. The molecule has 1 atom stereocenters. The fourth-order valence-electron chi connectivity index (χ4n) is 5.14. The molecule has 0 bridgehead atoms. The van der Waals surface area contributed by atoms with Gasteiger partial charge in [0.1, 0.15) is 5.82 Å². The van der Waals surface area contributed by atoms with E-state index in [1.165, 1.54) is 5.56 Å². The van der Waals surface area contributed by atoms with E-state index in [4.69, 9.17) is 16.6 Å². The van der Waals surface area contributed by atoms with Crippen LogP contribution in [0.25, 0.3) is 16.6 Å². The Bertz CT molecular complexity index is 1680. The van der Waals surface area contributed by atoms with E-state index in [2.05, 4.69) is 19.1 Å². The Morgan fingerprint density at radius 2 is 1.51 bits per heavy atom. The summed E-state index contributed by atoms with van der Waals surface area (Å²) in [6.45, 7) is 4.58. The number of carbonyl (C=O) groups is 1. The molecule has 0 spiro atoms. The summed E-state index contributed by atoms with van der Waals surface area (Å²) >= 11 is 6.18. The molecule has 208 valence electrons. The van der Waals surface area contributed by atoms with Gasteiger partial charge in [-0.1, -0.05) is 79.5 Å². The van der Waals surface area contributed by atoms with Gasteiger partial charge in [0, 0.05) is 17.1 Å². The van der Waals surface area contributed by atoms with Gasteiger partial charge in [0.15, 0.2) is 0 Å². The molecule has 0 aliphatic rings. The van der Waals surface area contributed by atoms with Crippen LogP contribution in [0.3, 0.4) is 0 Å². The number of hydrogen-bond donors (Lipinski definition) is 0. The van der Waals surface area contributed by atoms with E-state index in [-0.39, 0.29) is 11.5 Å². The minimum atomic E-state index is -0.501. The van der Waals surface area contributed by atoms with E-state index in [1.54, 1.807) is 22.8 Å². The summed E-state index contributed by atoms with van der Waals surface area (Å²) in [7, 11) is 0. The normalized spacial score (nSPS) is 11.9. The molecule has 0 aliphatic carbocycles. The number of aromatic nitrogens is 2. The lowest BCUT2D eigenvalue weighted by Gasteiger charge is -2.31. The molecule has 0 fully saturated rings. The molecule has 1 heterocycles. The predicted octanol–water partition coefficient (Wildman–Crippen LogP) is 7.83. The molecule has 6 heteroatoms. The maximum Gasteiger partial charge on any atom is 0.266 e. The van der Waals surface area contributed by atoms with Crippen molar-refractivity contribution < 1.29 is 4.79 Å². The standard InChI is InChI=1S/C35H34ClN3O2/c1-3-4-10-27-15-17-28(18-16-27)34(40)38(24-23-26-11-6-5-7-12-26)25(2)33-37-32-14-9-8-13-31(32)35(41)39(33)30-21-19-29(36)20-22-30/h5-9,11-22,25H,3-4,10,23-24H2,1-2H3. The first-order valence-corrected chi connectivity index (χ1v) is 14.6. The van der Waals surface area contributed by atoms with Crippen molar-refractivity contribution >= 4 is 28.4 Å². The van der Waals surface area contributed by atoms with Gasteiger partial charge in [-0.05, 0) is 85.8 Å².